The van der Waals surface area contributed by atoms with E-state index in [4.69, 9.17) is 16.3 Å². The molecule has 1 fully saturated rings. The van der Waals surface area contributed by atoms with E-state index in [-0.39, 0.29) is 18.2 Å². The van der Waals surface area contributed by atoms with Gasteiger partial charge < -0.3 is 14.5 Å². The second-order valence-corrected chi connectivity index (χ2v) is 7.86. The van der Waals surface area contributed by atoms with Gasteiger partial charge in [0.2, 0.25) is 0 Å². The van der Waals surface area contributed by atoms with Gasteiger partial charge in [0, 0.05) is 43.4 Å². The van der Waals surface area contributed by atoms with Crippen molar-refractivity contribution in [2.75, 3.05) is 31.6 Å². The Kier molecular flexibility index (Phi) is 5.93. The fourth-order valence-corrected chi connectivity index (χ4v) is 3.73. The van der Waals surface area contributed by atoms with Crippen LogP contribution in [0.5, 0.6) is 0 Å². The number of allylic oxidation sites excluding steroid dienone is 2. The van der Waals surface area contributed by atoms with E-state index in [0.29, 0.717) is 34.3 Å². The summed E-state index contributed by atoms with van der Waals surface area (Å²) in [5.41, 5.74) is 2.44. The lowest BCUT2D eigenvalue weighted by Crippen LogP contribution is -2.52. The Morgan fingerprint density at radius 1 is 1.32 bits per heavy atom. The number of hydrogen-bond acceptors (Lipinski definition) is 6. The van der Waals surface area contributed by atoms with Crippen LogP contribution < -0.4 is 10.5 Å². The van der Waals surface area contributed by atoms with Crippen molar-refractivity contribution in [3.8, 4) is 0 Å². The monoisotopic (exact) mass is 443 g/mol. The van der Waals surface area contributed by atoms with Crippen LogP contribution in [-0.2, 0) is 11.3 Å². The van der Waals surface area contributed by atoms with Crippen LogP contribution in [0.2, 0.25) is 5.02 Å². The Bertz CT molecular complexity index is 1140. The first-order chi connectivity index (χ1) is 14.9. The van der Waals surface area contributed by atoms with E-state index >= 15 is 0 Å². The number of benzene rings is 1. The van der Waals surface area contributed by atoms with Crippen molar-refractivity contribution in [2.45, 2.75) is 19.6 Å². The lowest BCUT2D eigenvalue weighted by Gasteiger charge is -2.40. The molecule has 0 N–H and O–H groups in total. The van der Waals surface area contributed by atoms with Crippen LogP contribution in [0.25, 0.3) is 5.70 Å². The number of aromatic nitrogens is 2. The Balaban J connectivity index is 1.64. The highest BCUT2D eigenvalue weighted by Gasteiger charge is 2.28. The molecule has 0 bridgehead atoms. The third-order valence-electron chi connectivity index (χ3n) is 5.41. The third-order valence-corrected chi connectivity index (χ3v) is 5.64. The van der Waals surface area contributed by atoms with Crippen molar-refractivity contribution in [3.05, 3.63) is 75.2 Å². The molecule has 2 aromatic rings. The summed E-state index contributed by atoms with van der Waals surface area (Å²) in [5.74, 6) is -0.490. The molecule has 0 atom stereocenters. The fraction of sp³-hybridized carbons (Fsp3) is 0.318. The molecule has 3 heterocycles. The van der Waals surface area contributed by atoms with Gasteiger partial charge in [-0.2, -0.15) is 5.10 Å². The van der Waals surface area contributed by atoms with Crippen molar-refractivity contribution in [1.29, 1.82) is 0 Å². The van der Waals surface area contributed by atoms with Gasteiger partial charge in [-0.05, 0) is 25.1 Å². The predicted molar refractivity (Wildman–Crippen MR) is 120 cm³/mol. The number of aliphatic imine (C=N–C) groups is 1. The normalized spacial score (nSPS) is 16.8. The SMILES string of the molecule is C=C1C=NC(c2ccc(Cl)cc2F)=C(Cn2ncc(N3CC(OCC)C3)cc2=O)N1C. The predicted octanol–water partition coefficient (Wildman–Crippen LogP) is 3.16. The van der Waals surface area contributed by atoms with E-state index in [1.54, 1.807) is 42.6 Å². The van der Waals surface area contributed by atoms with E-state index in [2.05, 4.69) is 16.7 Å². The van der Waals surface area contributed by atoms with E-state index in [1.165, 1.54) is 10.7 Å². The number of hydrogen-bond donors (Lipinski definition) is 0. The molecule has 2 aliphatic rings. The molecule has 0 unspecified atom stereocenters. The van der Waals surface area contributed by atoms with Gasteiger partial charge in [0.15, 0.2) is 0 Å². The first-order valence-electron chi connectivity index (χ1n) is 9.96. The molecule has 2 aliphatic heterocycles. The van der Waals surface area contributed by atoms with E-state index in [0.717, 1.165) is 18.8 Å². The number of halogens is 2. The summed E-state index contributed by atoms with van der Waals surface area (Å²) in [5, 5.41) is 4.63. The summed E-state index contributed by atoms with van der Waals surface area (Å²) in [4.78, 5) is 21.0. The second-order valence-electron chi connectivity index (χ2n) is 7.42. The molecular formula is C22H23ClFN5O2. The van der Waals surface area contributed by atoms with Gasteiger partial charge in [-0.1, -0.05) is 18.2 Å². The Morgan fingerprint density at radius 3 is 2.77 bits per heavy atom. The summed E-state index contributed by atoms with van der Waals surface area (Å²) < 4.78 is 21.5. The zero-order valence-electron chi connectivity index (χ0n) is 17.4. The smallest absolute Gasteiger partial charge is 0.269 e. The lowest BCUT2D eigenvalue weighted by atomic mass is 10.1. The number of likely N-dealkylation sites (N-methyl/N-ethyl adjacent to an activating group) is 1. The Labute approximate surface area is 184 Å². The minimum Gasteiger partial charge on any atom is -0.375 e. The zero-order chi connectivity index (χ0) is 22.1. The number of nitrogens with zero attached hydrogens (tertiary/aromatic N) is 5. The second kappa shape index (κ2) is 8.64. The largest absolute Gasteiger partial charge is 0.375 e. The number of anilines is 1. The maximum Gasteiger partial charge on any atom is 0.269 e. The van der Waals surface area contributed by atoms with Gasteiger partial charge in [-0.15, -0.1) is 0 Å². The van der Waals surface area contributed by atoms with Crippen LogP contribution in [0.1, 0.15) is 12.5 Å². The van der Waals surface area contributed by atoms with Gasteiger partial charge in [-0.3, -0.25) is 9.79 Å². The van der Waals surface area contributed by atoms with Crippen molar-refractivity contribution in [1.82, 2.24) is 14.7 Å². The molecule has 0 spiro atoms. The highest BCUT2D eigenvalue weighted by molar-refractivity contribution is 6.30. The molecule has 4 rings (SSSR count). The molecule has 0 amide bonds. The van der Waals surface area contributed by atoms with Gasteiger partial charge in [0.25, 0.3) is 5.56 Å². The van der Waals surface area contributed by atoms with E-state index in [9.17, 15) is 9.18 Å². The molecule has 7 nitrogen and oxygen atoms in total. The summed E-state index contributed by atoms with van der Waals surface area (Å²) in [6.45, 7) is 8.18. The van der Waals surface area contributed by atoms with Gasteiger partial charge in [0.1, 0.15) is 5.82 Å². The summed E-state index contributed by atoms with van der Waals surface area (Å²) >= 11 is 5.89. The maximum atomic E-state index is 14.6. The minimum atomic E-state index is -0.490. The van der Waals surface area contributed by atoms with Crippen molar-refractivity contribution >= 4 is 29.2 Å². The summed E-state index contributed by atoms with van der Waals surface area (Å²) in [6.07, 6.45) is 3.41. The fourth-order valence-electron chi connectivity index (χ4n) is 3.57. The molecule has 0 saturated carbocycles. The van der Waals surface area contributed by atoms with Crippen LogP contribution in [0, 0.1) is 5.82 Å². The van der Waals surface area contributed by atoms with Gasteiger partial charge >= 0.3 is 0 Å². The van der Waals surface area contributed by atoms with Gasteiger partial charge in [0.05, 0.1) is 47.8 Å². The Hall–Kier alpha value is -2.97. The average Bonchev–Trinajstić information content (AvgIpc) is 2.70. The van der Waals surface area contributed by atoms with E-state index < -0.39 is 5.82 Å². The molecular weight excluding hydrogens is 421 g/mol. The minimum absolute atomic E-state index is 0.116. The maximum absolute atomic E-state index is 14.6. The van der Waals surface area contributed by atoms with E-state index in [1.807, 2.05) is 11.8 Å². The molecule has 9 heteroatoms. The third kappa shape index (κ3) is 4.26. The van der Waals surface area contributed by atoms with Crippen LogP contribution in [0.3, 0.4) is 0 Å². The van der Waals surface area contributed by atoms with Crippen molar-refractivity contribution in [2.24, 2.45) is 4.99 Å². The molecule has 1 aromatic heterocycles. The van der Waals surface area contributed by atoms with Crippen LogP contribution in [0.4, 0.5) is 10.1 Å². The van der Waals surface area contributed by atoms with Crippen LogP contribution in [0.15, 0.2) is 58.2 Å². The summed E-state index contributed by atoms with van der Waals surface area (Å²) in [7, 11) is 1.80. The summed E-state index contributed by atoms with van der Waals surface area (Å²) in [6, 6.07) is 5.97. The van der Waals surface area contributed by atoms with Crippen molar-refractivity contribution in [3.63, 3.8) is 0 Å². The van der Waals surface area contributed by atoms with Crippen LogP contribution >= 0.6 is 11.6 Å². The topological polar surface area (TPSA) is 63.0 Å². The first-order valence-corrected chi connectivity index (χ1v) is 10.3. The Morgan fingerprint density at radius 2 is 2.10 bits per heavy atom. The molecule has 0 radical (unpaired) electrons. The molecule has 31 heavy (non-hydrogen) atoms. The standard InChI is InChI=1S/C22H23ClFN5O2/c1-4-31-17-11-28(12-17)16-8-21(30)29(26-10-16)13-20-22(25-9-14(2)27(20)3)18-6-5-15(23)7-19(18)24/h5-10,17H,2,4,11-13H2,1,3H3. The lowest BCUT2D eigenvalue weighted by molar-refractivity contribution is 0.0430. The number of ether oxygens (including phenoxy) is 1. The van der Waals surface area contributed by atoms with Crippen LogP contribution in [-0.4, -0.2) is 53.7 Å². The van der Waals surface area contributed by atoms with Crippen molar-refractivity contribution < 1.29 is 9.13 Å². The zero-order valence-corrected chi connectivity index (χ0v) is 18.1. The quantitative estimate of drug-likeness (QED) is 0.686. The molecule has 1 aromatic carbocycles. The molecule has 162 valence electrons. The average molecular weight is 444 g/mol. The molecule has 0 aliphatic carbocycles. The highest BCUT2D eigenvalue weighted by atomic mass is 35.5. The van der Waals surface area contributed by atoms with Gasteiger partial charge in [-0.25, -0.2) is 9.07 Å². The molecule has 1 saturated heterocycles. The highest BCUT2D eigenvalue weighted by Crippen LogP contribution is 2.31. The number of rotatable bonds is 6. The first kappa shape index (κ1) is 21.3.